The van der Waals surface area contributed by atoms with Crippen LogP contribution in [0.4, 0.5) is 0 Å². The normalized spacial score (nSPS) is 12.1. The molecule has 2 aromatic rings. The molecule has 21 heavy (non-hydrogen) atoms. The highest BCUT2D eigenvalue weighted by molar-refractivity contribution is 5.95. The summed E-state index contributed by atoms with van der Waals surface area (Å²) >= 11 is 0. The van der Waals surface area contributed by atoms with Crippen molar-refractivity contribution < 1.29 is 14.3 Å². The van der Waals surface area contributed by atoms with Crippen LogP contribution in [0, 0.1) is 6.92 Å². The van der Waals surface area contributed by atoms with Crippen LogP contribution in [0.5, 0.6) is 0 Å². The van der Waals surface area contributed by atoms with Crippen LogP contribution in [0.25, 0.3) is 11.5 Å². The van der Waals surface area contributed by atoms with Crippen LogP contribution < -0.4 is 5.32 Å². The van der Waals surface area contributed by atoms with E-state index in [1.165, 1.54) is 0 Å². The zero-order valence-corrected chi connectivity index (χ0v) is 12.3. The van der Waals surface area contributed by atoms with Gasteiger partial charge in [0.15, 0.2) is 5.76 Å². The van der Waals surface area contributed by atoms with Crippen molar-refractivity contribution in [3.8, 4) is 11.5 Å². The van der Waals surface area contributed by atoms with E-state index in [4.69, 9.17) is 4.42 Å². The van der Waals surface area contributed by atoms with Crippen LogP contribution in [0.15, 0.2) is 34.9 Å². The van der Waals surface area contributed by atoms with E-state index < -0.39 is 6.10 Å². The molecular formula is C16H20N2O3. The lowest BCUT2D eigenvalue weighted by Crippen LogP contribution is -2.32. The molecule has 1 unspecified atom stereocenters. The number of pyridine rings is 1. The molecular weight excluding hydrogens is 268 g/mol. The van der Waals surface area contributed by atoms with E-state index in [9.17, 15) is 9.90 Å². The number of hydrogen-bond acceptors (Lipinski definition) is 4. The molecule has 1 atom stereocenters. The van der Waals surface area contributed by atoms with Crippen molar-refractivity contribution in [3.63, 3.8) is 0 Å². The minimum Gasteiger partial charge on any atom is -0.463 e. The largest absolute Gasteiger partial charge is 0.463 e. The standard InChI is InChI=1S/C16H20N2O3/c1-3-5-12(19)10-17-16(20)13-7-8-14(18-11(13)2)15-6-4-9-21-15/h4,6-9,12,19H,3,5,10H2,1-2H3,(H,17,20). The van der Waals surface area contributed by atoms with Crippen molar-refractivity contribution in [2.75, 3.05) is 6.54 Å². The number of aliphatic hydroxyl groups excluding tert-OH is 1. The van der Waals surface area contributed by atoms with E-state index in [1.807, 2.05) is 13.0 Å². The monoisotopic (exact) mass is 288 g/mol. The average molecular weight is 288 g/mol. The van der Waals surface area contributed by atoms with Crippen molar-refractivity contribution in [2.45, 2.75) is 32.8 Å². The van der Waals surface area contributed by atoms with E-state index in [1.54, 1.807) is 31.4 Å². The summed E-state index contributed by atoms with van der Waals surface area (Å²) in [6.45, 7) is 4.03. The number of aliphatic hydroxyl groups is 1. The Morgan fingerprint density at radius 1 is 1.43 bits per heavy atom. The van der Waals surface area contributed by atoms with Crippen molar-refractivity contribution in [1.29, 1.82) is 0 Å². The second-order valence-electron chi connectivity index (χ2n) is 4.96. The maximum absolute atomic E-state index is 12.1. The highest BCUT2D eigenvalue weighted by atomic mass is 16.3. The fourth-order valence-electron chi connectivity index (χ4n) is 2.10. The van der Waals surface area contributed by atoms with Gasteiger partial charge in [0.05, 0.1) is 23.6 Å². The number of aromatic nitrogens is 1. The molecule has 2 N–H and O–H groups in total. The zero-order valence-electron chi connectivity index (χ0n) is 12.3. The number of furan rings is 1. The van der Waals surface area contributed by atoms with Gasteiger partial charge in [0.1, 0.15) is 5.69 Å². The highest BCUT2D eigenvalue weighted by Gasteiger charge is 2.13. The molecule has 0 aliphatic carbocycles. The molecule has 0 aromatic carbocycles. The molecule has 2 rings (SSSR count). The Labute approximate surface area is 124 Å². The van der Waals surface area contributed by atoms with Crippen LogP contribution in [0.1, 0.15) is 35.8 Å². The molecule has 0 fully saturated rings. The summed E-state index contributed by atoms with van der Waals surface area (Å²) in [6.07, 6.45) is 2.64. The summed E-state index contributed by atoms with van der Waals surface area (Å²) in [7, 11) is 0. The summed E-state index contributed by atoms with van der Waals surface area (Å²) in [5.41, 5.74) is 1.83. The Hall–Kier alpha value is -2.14. The van der Waals surface area contributed by atoms with Gasteiger partial charge in [0.25, 0.3) is 5.91 Å². The van der Waals surface area contributed by atoms with Gasteiger partial charge in [-0.3, -0.25) is 4.79 Å². The zero-order chi connectivity index (χ0) is 15.2. The molecule has 0 saturated carbocycles. The Morgan fingerprint density at radius 3 is 2.86 bits per heavy atom. The van der Waals surface area contributed by atoms with E-state index >= 15 is 0 Å². The number of carbonyl (C=O) groups is 1. The third-order valence-electron chi connectivity index (χ3n) is 3.22. The first-order chi connectivity index (χ1) is 10.1. The van der Waals surface area contributed by atoms with Gasteiger partial charge in [-0.05, 0) is 37.6 Å². The van der Waals surface area contributed by atoms with Gasteiger partial charge in [0.2, 0.25) is 0 Å². The Morgan fingerprint density at radius 2 is 2.24 bits per heavy atom. The van der Waals surface area contributed by atoms with E-state index in [-0.39, 0.29) is 12.5 Å². The third-order valence-corrected chi connectivity index (χ3v) is 3.22. The quantitative estimate of drug-likeness (QED) is 0.856. The van der Waals surface area contributed by atoms with E-state index in [0.29, 0.717) is 29.1 Å². The van der Waals surface area contributed by atoms with Gasteiger partial charge in [0, 0.05) is 6.54 Å². The molecule has 0 spiro atoms. The van der Waals surface area contributed by atoms with Crippen LogP contribution in [-0.4, -0.2) is 28.6 Å². The van der Waals surface area contributed by atoms with Gasteiger partial charge in [-0.1, -0.05) is 13.3 Å². The summed E-state index contributed by atoms with van der Waals surface area (Å²) in [5, 5.41) is 12.4. The van der Waals surface area contributed by atoms with Gasteiger partial charge in [-0.25, -0.2) is 4.98 Å². The lowest BCUT2D eigenvalue weighted by atomic mass is 10.1. The Balaban J connectivity index is 2.05. The van der Waals surface area contributed by atoms with Crippen LogP contribution in [-0.2, 0) is 0 Å². The van der Waals surface area contributed by atoms with E-state index in [2.05, 4.69) is 10.3 Å². The van der Waals surface area contributed by atoms with Gasteiger partial charge >= 0.3 is 0 Å². The van der Waals surface area contributed by atoms with Crippen molar-refractivity contribution >= 4 is 5.91 Å². The van der Waals surface area contributed by atoms with Gasteiger partial charge in [-0.15, -0.1) is 0 Å². The molecule has 1 amide bonds. The van der Waals surface area contributed by atoms with Gasteiger partial charge in [-0.2, -0.15) is 0 Å². The summed E-state index contributed by atoms with van der Waals surface area (Å²) in [5.74, 6) is 0.449. The number of carbonyl (C=O) groups excluding carboxylic acids is 1. The molecule has 0 radical (unpaired) electrons. The first-order valence-electron chi connectivity index (χ1n) is 7.09. The number of amides is 1. The first-order valence-corrected chi connectivity index (χ1v) is 7.09. The van der Waals surface area contributed by atoms with Gasteiger partial charge < -0.3 is 14.8 Å². The van der Waals surface area contributed by atoms with Crippen molar-refractivity contribution in [3.05, 3.63) is 41.8 Å². The molecule has 5 heteroatoms. The van der Waals surface area contributed by atoms with E-state index in [0.717, 1.165) is 6.42 Å². The average Bonchev–Trinajstić information content (AvgIpc) is 2.99. The number of nitrogens with one attached hydrogen (secondary N) is 1. The number of nitrogens with zero attached hydrogens (tertiary/aromatic N) is 1. The summed E-state index contributed by atoms with van der Waals surface area (Å²) in [4.78, 5) is 16.5. The Kier molecular flexibility index (Phi) is 5.11. The van der Waals surface area contributed by atoms with Crippen LogP contribution >= 0.6 is 0 Å². The number of hydrogen-bond donors (Lipinski definition) is 2. The molecule has 2 heterocycles. The maximum atomic E-state index is 12.1. The smallest absolute Gasteiger partial charge is 0.253 e. The molecule has 0 aliphatic heterocycles. The Bertz CT molecular complexity index is 594. The molecule has 0 bridgehead atoms. The lowest BCUT2D eigenvalue weighted by Gasteiger charge is -2.12. The fraction of sp³-hybridized carbons (Fsp3) is 0.375. The first kappa shape index (κ1) is 15.3. The number of aryl methyl sites for hydroxylation is 1. The molecule has 5 nitrogen and oxygen atoms in total. The third kappa shape index (κ3) is 3.92. The second kappa shape index (κ2) is 7.04. The predicted molar refractivity (Wildman–Crippen MR) is 79.9 cm³/mol. The van der Waals surface area contributed by atoms with Crippen molar-refractivity contribution in [2.24, 2.45) is 0 Å². The summed E-state index contributed by atoms with van der Waals surface area (Å²) < 4.78 is 5.28. The molecule has 0 saturated heterocycles. The van der Waals surface area contributed by atoms with Crippen molar-refractivity contribution in [1.82, 2.24) is 10.3 Å². The molecule has 112 valence electrons. The summed E-state index contributed by atoms with van der Waals surface area (Å²) in [6, 6.07) is 7.09. The minimum atomic E-state index is -0.505. The highest BCUT2D eigenvalue weighted by Crippen LogP contribution is 2.19. The predicted octanol–water partition coefficient (Wildman–Crippen LogP) is 2.54. The number of rotatable bonds is 6. The SMILES string of the molecule is CCCC(O)CNC(=O)c1ccc(-c2ccco2)nc1C. The van der Waals surface area contributed by atoms with Crippen LogP contribution in [0.3, 0.4) is 0 Å². The second-order valence-corrected chi connectivity index (χ2v) is 4.96. The lowest BCUT2D eigenvalue weighted by molar-refractivity contribution is 0.0909. The fourth-order valence-corrected chi connectivity index (χ4v) is 2.10. The topological polar surface area (TPSA) is 75.4 Å². The van der Waals surface area contributed by atoms with Crippen LogP contribution in [0.2, 0.25) is 0 Å². The molecule has 0 aliphatic rings. The maximum Gasteiger partial charge on any atom is 0.253 e. The minimum absolute atomic E-state index is 0.221. The molecule has 2 aromatic heterocycles.